The zero-order valence-electron chi connectivity index (χ0n) is 12.9. The highest BCUT2D eigenvalue weighted by Gasteiger charge is 2.49. The van der Waals surface area contributed by atoms with Crippen molar-refractivity contribution in [3.05, 3.63) is 30.1 Å². The van der Waals surface area contributed by atoms with Gasteiger partial charge in [0.15, 0.2) is 18.5 Å². The quantitative estimate of drug-likeness (QED) is 0.350. The van der Waals surface area contributed by atoms with Gasteiger partial charge in [0, 0.05) is 6.07 Å². The van der Waals surface area contributed by atoms with Crippen molar-refractivity contribution in [2.75, 3.05) is 13.2 Å². The normalized spacial score (nSPS) is 29.3. The molecule has 0 bridgehead atoms. The molecule has 134 valence electrons. The molecule has 1 amide bonds. The zero-order chi connectivity index (χ0) is 17.9. The molecule has 24 heavy (non-hydrogen) atoms. The molecule has 0 saturated carbocycles. The van der Waals surface area contributed by atoms with Crippen LogP contribution in [0.3, 0.4) is 0 Å². The Morgan fingerprint density at radius 1 is 1.42 bits per heavy atom. The highest BCUT2D eigenvalue weighted by atomic mass is 31.2. The number of aliphatic hydroxyl groups is 2. The summed E-state index contributed by atoms with van der Waals surface area (Å²) in [5, 5.41) is 20.1. The van der Waals surface area contributed by atoms with E-state index in [2.05, 4.69) is 4.52 Å². The summed E-state index contributed by atoms with van der Waals surface area (Å²) < 4.78 is 27.6. The van der Waals surface area contributed by atoms with Gasteiger partial charge in [-0.3, -0.25) is 13.8 Å². The van der Waals surface area contributed by atoms with Crippen LogP contribution < -0.4 is 10.3 Å². The molecular formula is C13H20N2O8P+. The van der Waals surface area contributed by atoms with E-state index in [0.717, 1.165) is 0 Å². The van der Waals surface area contributed by atoms with Crippen molar-refractivity contribution in [1.82, 2.24) is 0 Å². The van der Waals surface area contributed by atoms with Crippen LogP contribution in [0, 0.1) is 0 Å². The molecule has 1 unspecified atom stereocenters. The Morgan fingerprint density at radius 2 is 2.12 bits per heavy atom. The number of aliphatic hydroxyl groups excluding tert-OH is 2. The summed E-state index contributed by atoms with van der Waals surface area (Å²) in [6.07, 6.45) is -1.89. The Hall–Kier alpha value is -1.39. The first-order chi connectivity index (χ1) is 11.2. The lowest BCUT2D eigenvalue weighted by molar-refractivity contribution is -0.765. The number of nitrogens with two attached hydrogens (primary N) is 1. The SMILES string of the molecule is CCOP(=O)(O)OC[C@H]1O[C@@H]([n+]2cccc(C(N)=O)c2)[C@H](O)[C@@H]1O. The summed E-state index contributed by atoms with van der Waals surface area (Å²) >= 11 is 0. The second-order valence-corrected chi connectivity index (χ2v) is 6.59. The van der Waals surface area contributed by atoms with Gasteiger partial charge in [0.1, 0.15) is 17.8 Å². The van der Waals surface area contributed by atoms with Crippen molar-refractivity contribution in [3.8, 4) is 0 Å². The van der Waals surface area contributed by atoms with Crippen LogP contribution in [0.15, 0.2) is 24.5 Å². The van der Waals surface area contributed by atoms with Crippen LogP contribution in [-0.2, 0) is 18.3 Å². The third-order valence-electron chi connectivity index (χ3n) is 3.43. The summed E-state index contributed by atoms with van der Waals surface area (Å²) in [7, 11) is -4.24. The van der Waals surface area contributed by atoms with Gasteiger partial charge in [-0.05, 0) is 13.0 Å². The number of aromatic nitrogens is 1. The van der Waals surface area contributed by atoms with Crippen LogP contribution in [0.1, 0.15) is 23.5 Å². The molecule has 1 fully saturated rings. The van der Waals surface area contributed by atoms with Gasteiger partial charge in [-0.25, -0.2) is 4.57 Å². The molecular weight excluding hydrogens is 343 g/mol. The molecule has 1 aromatic heterocycles. The molecule has 0 spiro atoms. The molecule has 0 radical (unpaired) electrons. The minimum atomic E-state index is -4.24. The predicted molar refractivity (Wildman–Crippen MR) is 78.5 cm³/mol. The number of carbonyl (C=O) groups excluding carboxylic acids is 1. The number of ether oxygens (including phenoxy) is 1. The van der Waals surface area contributed by atoms with Crippen molar-refractivity contribution < 1.29 is 42.8 Å². The van der Waals surface area contributed by atoms with E-state index >= 15 is 0 Å². The fourth-order valence-corrected chi connectivity index (χ4v) is 3.01. The molecule has 5 atom stereocenters. The van der Waals surface area contributed by atoms with E-state index in [1.165, 1.54) is 36.0 Å². The van der Waals surface area contributed by atoms with E-state index < -0.39 is 44.9 Å². The number of carbonyl (C=O) groups is 1. The molecule has 2 heterocycles. The van der Waals surface area contributed by atoms with Gasteiger partial charge in [-0.15, -0.1) is 0 Å². The fourth-order valence-electron chi connectivity index (χ4n) is 2.28. The maximum absolute atomic E-state index is 11.5. The Kier molecular flexibility index (Phi) is 6.05. The molecule has 1 aliphatic rings. The second-order valence-electron chi connectivity index (χ2n) is 5.13. The summed E-state index contributed by atoms with van der Waals surface area (Å²) in [5.41, 5.74) is 5.39. The fraction of sp³-hybridized carbons (Fsp3) is 0.538. The molecule has 1 saturated heterocycles. The van der Waals surface area contributed by atoms with E-state index in [1.807, 2.05) is 0 Å². The number of hydrogen-bond acceptors (Lipinski definition) is 7. The van der Waals surface area contributed by atoms with Gasteiger partial charge in [0.05, 0.1) is 13.2 Å². The molecule has 0 aromatic carbocycles. The Labute approximate surface area is 138 Å². The number of hydrogen-bond donors (Lipinski definition) is 4. The van der Waals surface area contributed by atoms with E-state index in [9.17, 15) is 24.5 Å². The standard InChI is InChI=1S/C13H19N2O8P/c1-2-21-24(19,20)22-7-9-10(16)11(17)13(23-9)15-5-3-4-8(6-15)12(14)18/h3-6,9-11,13,16-17H,2,7H2,1H3,(H2-,14,18,19,20)/p+1/t9-,10-,11-,13-/m1/s1. The van der Waals surface area contributed by atoms with E-state index in [1.54, 1.807) is 0 Å². The number of amides is 1. The first-order valence-corrected chi connectivity index (χ1v) is 8.69. The van der Waals surface area contributed by atoms with Crippen molar-refractivity contribution >= 4 is 13.7 Å². The zero-order valence-corrected chi connectivity index (χ0v) is 13.8. The number of rotatable bonds is 7. The van der Waals surface area contributed by atoms with Gasteiger partial charge < -0.3 is 25.6 Å². The lowest BCUT2D eigenvalue weighted by atomic mass is 10.1. The van der Waals surface area contributed by atoms with Crippen molar-refractivity contribution in [2.24, 2.45) is 5.73 Å². The van der Waals surface area contributed by atoms with Gasteiger partial charge in [0.25, 0.3) is 12.1 Å². The highest BCUT2D eigenvalue weighted by Crippen LogP contribution is 2.43. The topological polar surface area (TPSA) is 152 Å². The second kappa shape index (κ2) is 7.66. The predicted octanol–water partition coefficient (Wildman–Crippen LogP) is -1.15. The molecule has 0 aliphatic carbocycles. The maximum atomic E-state index is 11.5. The van der Waals surface area contributed by atoms with Crippen LogP contribution in [0.4, 0.5) is 0 Å². The van der Waals surface area contributed by atoms with Crippen LogP contribution in [0.2, 0.25) is 0 Å². The number of phosphoric acid groups is 1. The minimum absolute atomic E-state index is 0.0249. The first-order valence-electron chi connectivity index (χ1n) is 7.19. The average molecular weight is 363 g/mol. The molecule has 10 nitrogen and oxygen atoms in total. The summed E-state index contributed by atoms with van der Waals surface area (Å²) in [6, 6.07) is 3.02. The van der Waals surface area contributed by atoms with E-state index in [4.69, 9.17) is 15.0 Å². The van der Waals surface area contributed by atoms with Crippen LogP contribution >= 0.6 is 7.82 Å². The number of primary amides is 1. The lowest BCUT2D eigenvalue weighted by Gasteiger charge is -2.16. The van der Waals surface area contributed by atoms with Crippen molar-refractivity contribution in [3.63, 3.8) is 0 Å². The largest absolute Gasteiger partial charge is 0.472 e. The monoisotopic (exact) mass is 363 g/mol. The number of phosphoric ester groups is 1. The van der Waals surface area contributed by atoms with Gasteiger partial charge in [-0.1, -0.05) is 0 Å². The summed E-state index contributed by atoms with van der Waals surface area (Å²) in [6.45, 7) is 1.04. The van der Waals surface area contributed by atoms with E-state index in [0.29, 0.717) is 0 Å². The van der Waals surface area contributed by atoms with Crippen molar-refractivity contribution in [2.45, 2.75) is 31.5 Å². The Balaban J connectivity index is 2.08. The number of pyridine rings is 1. The molecule has 5 N–H and O–H groups in total. The molecule has 1 aromatic rings. The molecule has 11 heteroatoms. The minimum Gasteiger partial charge on any atom is -0.387 e. The summed E-state index contributed by atoms with van der Waals surface area (Å²) in [4.78, 5) is 20.6. The summed E-state index contributed by atoms with van der Waals surface area (Å²) in [5.74, 6) is -0.657. The Bertz CT molecular complexity index is 642. The lowest BCUT2D eigenvalue weighted by Crippen LogP contribution is -2.46. The van der Waals surface area contributed by atoms with Crippen LogP contribution in [-0.4, -0.2) is 52.5 Å². The average Bonchev–Trinajstić information content (AvgIpc) is 2.81. The van der Waals surface area contributed by atoms with Crippen LogP contribution in [0.25, 0.3) is 0 Å². The number of nitrogens with zero attached hydrogens (tertiary/aromatic N) is 1. The maximum Gasteiger partial charge on any atom is 0.472 e. The third kappa shape index (κ3) is 4.37. The van der Waals surface area contributed by atoms with Gasteiger partial charge in [-0.2, -0.15) is 4.57 Å². The third-order valence-corrected chi connectivity index (χ3v) is 4.49. The van der Waals surface area contributed by atoms with Gasteiger partial charge >= 0.3 is 7.82 Å². The highest BCUT2D eigenvalue weighted by molar-refractivity contribution is 7.47. The Morgan fingerprint density at radius 3 is 2.75 bits per heavy atom. The molecule has 2 rings (SSSR count). The van der Waals surface area contributed by atoms with Crippen molar-refractivity contribution in [1.29, 1.82) is 0 Å². The first kappa shape index (κ1) is 18.9. The van der Waals surface area contributed by atoms with E-state index in [-0.39, 0.29) is 12.2 Å². The smallest absolute Gasteiger partial charge is 0.387 e. The van der Waals surface area contributed by atoms with Gasteiger partial charge in [0.2, 0.25) is 0 Å². The van der Waals surface area contributed by atoms with Crippen LogP contribution in [0.5, 0.6) is 0 Å². The molecule has 1 aliphatic heterocycles.